The molecule has 0 rings (SSSR count). The molecule has 0 saturated carbocycles. The molecule has 0 heterocycles. The second kappa shape index (κ2) is 43.9. The van der Waals surface area contributed by atoms with Crippen molar-refractivity contribution in [3.8, 4) is 0 Å². The van der Waals surface area contributed by atoms with E-state index in [0.717, 1.165) is 57.8 Å². The number of hydrogen-bond donors (Lipinski definition) is 4. The first-order chi connectivity index (χ1) is 29.1. The number of carboxylic acids is 1. The standard InChI is InChI=1S/C48H92NO10P/c1-3-5-7-9-11-13-15-17-18-19-20-21-22-23-24-25-26-27-28-30-32-34-36-38-40-47(52)57-41-44(50)42-58-60(55,56)59-43-45(48(53)54)49-46(51)39-37-35-33-31-29-16-14-12-10-8-6-4-2/h12,14,44-45,50H,3-11,13,15-43H2,1-2H3,(H,49,51)(H,53,54)(H,55,56)/b14-12-. The fraction of sp³-hybridized carbons (Fsp3) is 0.896. The van der Waals surface area contributed by atoms with Crippen molar-refractivity contribution < 1.29 is 47.8 Å². The number of allylic oxidation sites excluding steroid dienone is 2. The second-order valence-electron chi connectivity index (χ2n) is 17.0. The molecule has 0 saturated heterocycles. The van der Waals surface area contributed by atoms with Gasteiger partial charge in [-0.25, -0.2) is 9.36 Å². The zero-order chi connectivity index (χ0) is 44.2. The number of unbranched alkanes of at least 4 members (excludes halogenated alkanes) is 31. The van der Waals surface area contributed by atoms with E-state index in [0.29, 0.717) is 12.8 Å². The number of phosphoric ester groups is 1. The summed E-state index contributed by atoms with van der Waals surface area (Å²) in [6.45, 7) is 2.59. The zero-order valence-electron chi connectivity index (χ0n) is 38.5. The minimum atomic E-state index is -4.75. The minimum absolute atomic E-state index is 0.138. The molecule has 0 aliphatic carbocycles. The molecule has 12 heteroatoms. The smallest absolute Gasteiger partial charge is 0.472 e. The highest BCUT2D eigenvalue weighted by molar-refractivity contribution is 7.47. The molecule has 0 spiro atoms. The third kappa shape index (κ3) is 42.9. The van der Waals surface area contributed by atoms with Crippen LogP contribution in [0.1, 0.15) is 245 Å². The van der Waals surface area contributed by atoms with Crippen molar-refractivity contribution in [1.82, 2.24) is 5.32 Å². The summed E-state index contributed by atoms with van der Waals surface area (Å²) >= 11 is 0. The number of rotatable bonds is 47. The Balaban J connectivity index is 3.74. The molecule has 0 aliphatic rings. The van der Waals surface area contributed by atoms with Crippen LogP contribution < -0.4 is 5.32 Å². The van der Waals surface area contributed by atoms with E-state index in [1.807, 2.05) is 0 Å². The summed E-state index contributed by atoms with van der Waals surface area (Å²) in [7, 11) is -4.75. The van der Waals surface area contributed by atoms with Crippen LogP contribution in [0.3, 0.4) is 0 Å². The number of aliphatic carboxylic acids is 1. The van der Waals surface area contributed by atoms with E-state index in [-0.39, 0.29) is 12.8 Å². The Hall–Kier alpha value is -1.78. The third-order valence-electron chi connectivity index (χ3n) is 11.1. The highest BCUT2D eigenvalue weighted by Gasteiger charge is 2.28. The number of carbonyl (C=O) groups excluding carboxylic acids is 2. The number of nitrogens with one attached hydrogen (secondary N) is 1. The lowest BCUT2D eigenvalue weighted by molar-refractivity contribution is -0.147. The fourth-order valence-electron chi connectivity index (χ4n) is 7.19. The Morgan fingerprint density at radius 1 is 0.517 bits per heavy atom. The van der Waals surface area contributed by atoms with Gasteiger partial charge in [-0.15, -0.1) is 0 Å². The quantitative estimate of drug-likeness (QED) is 0.0200. The van der Waals surface area contributed by atoms with Crippen LogP contribution in [-0.2, 0) is 32.7 Å². The maximum atomic E-state index is 12.3. The number of aliphatic hydroxyl groups excluding tert-OH is 1. The van der Waals surface area contributed by atoms with Crippen molar-refractivity contribution in [2.45, 2.75) is 257 Å². The monoisotopic (exact) mass is 874 g/mol. The highest BCUT2D eigenvalue weighted by atomic mass is 31.2. The predicted molar refractivity (Wildman–Crippen MR) is 245 cm³/mol. The number of phosphoric acid groups is 1. The van der Waals surface area contributed by atoms with Crippen LogP contribution in [-0.4, -0.2) is 64.9 Å². The molecule has 0 aromatic rings. The maximum absolute atomic E-state index is 12.3. The Morgan fingerprint density at radius 3 is 1.30 bits per heavy atom. The lowest BCUT2D eigenvalue weighted by Crippen LogP contribution is -2.43. The van der Waals surface area contributed by atoms with E-state index in [1.54, 1.807) is 0 Å². The molecule has 354 valence electrons. The van der Waals surface area contributed by atoms with Gasteiger partial charge in [0.1, 0.15) is 12.7 Å². The van der Waals surface area contributed by atoms with Crippen LogP contribution >= 0.6 is 7.82 Å². The normalized spacial score (nSPS) is 13.7. The Bertz CT molecular complexity index is 1070. The molecule has 4 N–H and O–H groups in total. The molecular formula is C48H92NO10P. The fourth-order valence-corrected chi connectivity index (χ4v) is 7.97. The van der Waals surface area contributed by atoms with Gasteiger partial charge in [0, 0.05) is 12.8 Å². The number of amides is 1. The van der Waals surface area contributed by atoms with Crippen LogP contribution in [0.5, 0.6) is 0 Å². The molecule has 0 aromatic heterocycles. The molecule has 11 nitrogen and oxygen atoms in total. The molecule has 0 aliphatic heterocycles. The van der Waals surface area contributed by atoms with Crippen molar-refractivity contribution in [3.05, 3.63) is 12.2 Å². The van der Waals surface area contributed by atoms with E-state index in [9.17, 15) is 34.1 Å². The summed E-state index contributed by atoms with van der Waals surface area (Å²) in [5, 5.41) is 21.8. The highest BCUT2D eigenvalue weighted by Crippen LogP contribution is 2.43. The van der Waals surface area contributed by atoms with Crippen LogP contribution in [0.15, 0.2) is 12.2 Å². The molecule has 3 atom stereocenters. The summed E-state index contributed by atoms with van der Waals surface area (Å²) in [4.78, 5) is 45.9. The van der Waals surface area contributed by atoms with Crippen LogP contribution in [0.2, 0.25) is 0 Å². The summed E-state index contributed by atoms with van der Waals surface area (Å²) in [5.41, 5.74) is 0. The van der Waals surface area contributed by atoms with Gasteiger partial charge in [0.15, 0.2) is 6.04 Å². The number of carboxylic acid groups (broad SMARTS) is 1. The molecule has 0 bridgehead atoms. The van der Waals surface area contributed by atoms with Crippen LogP contribution in [0.25, 0.3) is 0 Å². The van der Waals surface area contributed by atoms with Crippen LogP contribution in [0.4, 0.5) is 0 Å². The van der Waals surface area contributed by atoms with Gasteiger partial charge in [-0.1, -0.05) is 206 Å². The Kier molecular flexibility index (Phi) is 42.6. The van der Waals surface area contributed by atoms with Crippen LogP contribution in [0, 0.1) is 0 Å². The van der Waals surface area contributed by atoms with Crippen molar-refractivity contribution in [1.29, 1.82) is 0 Å². The van der Waals surface area contributed by atoms with Gasteiger partial charge in [-0.2, -0.15) is 0 Å². The number of esters is 1. The Morgan fingerprint density at radius 2 is 0.867 bits per heavy atom. The SMILES string of the molecule is CCCCC/C=C\CCCCCCCC(=O)NC(COP(=O)(O)OCC(O)COC(=O)CCCCCCCCCCCCCCCCCCCCCCCCCC)C(=O)O. The first-order valence-corrected chi connectivity index (χ1v) is 26.2. The van der Waals surface area contributed by atoms with E-state index in [4.69, 9.17) is 13.8 Å². The number of ether oxygens (including phenoxy) is 1. The van der Waals surface area contributed by atoms with Crippen molar-refractivity contribution >= 4 is 25.7 Å². The largest absolute Gasteiger partial charge is 0.480 e. The van der Waals surface area contributed by atoms with Crippen molar-refractivity contribution in [2.75, 3.05) is 19.8 Å². The lowest BCUT2D eigenvalue weighted by Gasteiger charge is -2.18. The van der Waals surface area contributed by atoms with E-state index in [1.165, 1.54) is 148 Å². The summed E-state index contributed by atoms with van der Waals surface area (Å²) in [6.07, 6.45) is 45.4. The van der Waals surface area contributed by atoms with Crippen molar-refractivity contribution in [2.24, 2.45) is 0 Å². The molecule has 0 aromatic carbocycles. The van der Waals surface area contributed by atoms with Gasteiger partial charge in [-0.3, -0.25) is 18.6 Å². The molecule has 3 unspecified atom stereocenters. The predicted octanol–water partition coefficient (Wildman–Crippen LogP) is 13.2. The molecule has 1 amide bonds. The van der Waals surface area contributed by atoms with Gasteiger partial charge < -0.3 is 25.2 Å². The molecule has 60 heavy (non-hydrogen) atoms. The van der Waals surface area contributed by atoms with Gasteiger partial charge in [0.05, 0.1) is 13.2 Å². The van der Waals surface area contributed by atoms with Crippen molar-refractivity contribution in [3.63, 3.8) is 0 Å². The zero-order valence-corrected chi connectivity index (χ0v) is 39.4. The third-order valence-corrected chi connectivity index (χ3v) is 12.0. The summed E-state index contributed by atoms with van der Waals surface area (Å²) in [5.74, 6) is -2.37. The number of carbonyl (C=O) groups is 3. The van der Waals surface area contributed by atoms with Gasteiger partial charge in [0.25, 0.3) is 0 Å². The second-order valence-corrected chi connectivity index (χ2v) is 18.5. The first-order valence-electron chi connectivity index (χ1n) is 24.7. The first kappa shape index (κ1) is 58.2. The average Bonchev–Trinajstić information content (AvgIpc) is 3.22. The van der Waals surface area contributed by atoms with Gasteiger partial charge in [-0.05, 0) is 38.5 Å². The van der Waals surface area contributed by atoms with E-state index in [2.05, 4.69) is 31.3 Å². The summed E-state index contributed by atoms with van der Waals surface area (Å²) < 4.78 is 26.9. The van der Waals surface area contributed by atoms with E-state index >= 15 is 0 Å². The average molecular weight is 874 g/mol. The number of hydrogen-bond acceptors (Lipinski definition) is 8. The van der Waals surface area contributed by atoms with Gasteiger partial charge in [0.2, 0.25) is 5.91 Å². The van der Waals surface area contributed by atoms with Gasteiger partial charge >= 0.3 is 19.8 Å². The number of aliphatic hydroxyl groups is 1. The maximum Gasteiger partial charge on any atom is 0.472 e. The topological polar surface area (TPSA) is 169 Å². The molecule has 0 radical (unpaired) electrons. The summed E-state index contributed by atoms with van der Waals surface area (Å²) in [6, 6.07) is -1.55. The van der Waals surface area contributed by atoms with E-state index < -0.39 is 57.6 Å². The minimum Gasteiger partial charge on any atom is -0.480 e. The molecule has 0 fully saturated rings. The Labute approximate surface area is 367 Å². The lowest BCUT2D eigenvalue weighted by atomic mass is 10.0. The molecular weight excluding hydrogens is 781 g/mol.